The van der Waals surface area contributed by atoms with Crippen LogP contribution in [0.3, 0.4) is 0 Å². The van der Waals surface area contributed by atoms with E-state index in [1.807, 2.05) is 10.3 Å². The van der Waals surface area contributed by atoms with E-state index in [0.717, 1.165) is 6.07 Å². The minimum absolute atomic E-state index is 0.0406. The largest absolute Gasteiger partial charge is 0.273 e. The molecule has 0 fully saturated rings. The van der Waals surface area contributed by atoms with Crippen molar-refractivity contribution in [3.63, 3.8) is 0 Å². The molecule has 1 amide bonds. The van der Waals surface area contributed by atoms with Crippen LogP contribution < -0.4 is 10.3 Å². The highest BCUT2D eigenvalue weighted by Gasteiger charge is 2.18. The van der Waals surface area contributed by atoms with E-state index in [0.29, 0.717) is 5.56 Å². The lowest BCUT2D eigenvalue weighted by molar-refractivity contribution is 0.0941. The van der Waals surface area contributed by atoms with Crippen molar-refractivity contribution in [3.8, 4) is 0 Å². The molecule has 7 heteroatoms. The van der Waals surface area contributed by atoms with Gasteiger partial charge in [0.1, 0.15) is 5.82 Å². The van der Waals surface area contributed by atoms with Gasteiger partial charge in [0.25, 0.3) is 15.9 Å². The number of nitrogens with one attached hydrogen (secondary N) is 2. The number of carbonyl (C=O) groups excluding carboxylic acids is 1. The van der Waals surface area contributed by atoms with E-state index in [9.17, 15) is 17.6 Å². The second-order valence-electron chi connectivity index (χ2n) is 4.30. The zero-order chi connectivity index (χ0) is 15.5. The van der Waals surface area contributed by atoms with Gasteiger partial charge in [-0.25, -0.2) is 12.8 Å². The van der Waals surface area contributed by atoms with Crippen LogP contribution in [-0.2, 0) is 10.0 Å². The Kier molecular flexibility index (Phi) is 4.35. The van der Waals surface area contributed by atoms with Crippen molar-refractivity contribution in [2.24, 2.45) is 0 Å². The van der Waals surface area contributed by atoms with Gasteiger partial charge in [-0.15, -0.1) is 4.83 Å². The smallest absolute Gasteiger partial charge is 0.269 e. The molecule has 110 valence electrons. The summed E-state index contributed by atoms with van der Waals surface area (Å²) in [5.74, 6) is -1.60. The maximum Gasteiger partial charge on any atom is 0.269 e. The standard InChI is InChI=1S/C14H13FN2O3S/c1-10-6-2-5-9-13(10)21(19,20)17-16-14(18)11-7-3-4-8-12(11)15/h2-9,17H,1H3,(H,16,18). The lowest BCUT2D eigenvalue weighted by Crippen LogP contribution is -2.42. The highest BCUT2D eigenvalue weighted by atomic mass is 32.2. The summed E-state index contributed by atoms with van der Waals surface area (Å²) in [6.45, 7) is 1.63. The Bertz CT molecular complexity index is 775. The van der Waals surface area contributed by atoms with E-state index in [1.54, 1.807) is 25.1 Å². The van der Waals surface area contributed by atoms with E-state index < -0.39 is 21.7 Å². The molecule has 0 aliphatic rings. The van der Waals surface area contributed by atoms with Crippen LogP contribution in [0.1, 0.15) is 15.9 Å². The molecule has 0 aromatic heterocycles. The first kappa shape index (κ1) is 15.1. The number of hydrazine groups is 1. The van der Waals surface area contributed by atoms with E-state index in [4.69, 9.17) is 0 Å². The summed E-state index contributed by atoms with van der Waals surface area (Å²) in [4.78, 5) is 13.7. The van der Waals surface area contributed by atoms with Crippen molar-refractivity contribution in [2.75, 3.05) is 0 Å². The number of halogens is 1. The zero-order valence-electron chi connectivity index (χ0n) is 11.1. The van der Waals surface area contributed by atoms with Crippen LogP contribution in [0.25, 0.3) is 0 Å². The predicted octanol–water partition coefficient (Wildman–Crippen LogP) is 1.76. The molecule has 0 unspecified atom stereocenters. The molecule has 5 nitrogen and oxygen atoms in total. The van der Waals surface area contributed by atoms with Crippen molar-refractivity contribution in [1.29, 1.82) is 0 Å². The first-order valence-corrected chi connectivity index (χ1v) is 7.52. The Morgan fingerprint density at radius 3 is 2.33 bits per heavy atom. The monoisotopic (exact) mass is 308 g/mol. The molecule has 2 rings (SSSR count). The molecule has 0 heterocycles. The van der Waals surface area contributed by atoms with Gasteiger partial charge in [-0.3, -0.25) is 10.2 Å². The van der Waals surface area contributed by atoms with Gasteiger partial charge in [0.2, 0.25) is 0 Å². The number of hydrogen-bond donors (Lipinski definition) is 2. The normalized spacial score (nSPS) is 11.1. The van der Waals surface area contributed by atoms with Gasteiger partial charge in [-0.2, -0.15) is 0 Å². The topological polar surface area (TPSA) is 75.3 Å². The lowest BCUT2D eigenvalue weighted by atomic mass is 10.2. The summed E-state index contributed by atoms with van der Waals surface area (Å²) < 4.78 is 37.5. The molecular weight excluding hydrogens is 295 g/mol. The van der Waals surface area contributed by atoms with Crippen molar-refractivity contribution < 1.29 is 17.6 Å². The van der Waals surface area contributed by atoms with Gasteiger partial charge in [0.15, 0.2) is 0 Å². The number of sulfonamides is 1. The Morgan fingerprint density at radius 2 is 1.67 bits per heavy atom. The first-order valence-electron chi connectivity index (χ1n) is 6.04. The lowest BCUT2D eigenvalue weighted by Gasteiger charge is -2.10. The van der Waals surface area contributed by atoms with E-state index in [2.05, 4.69) is 0 Å². The summed E-state index contributed by atoms with van der Waals surface area (Å²) in [6.07, 6.45) is 0. The molecule has 0 bridgehead atoms. The number of hydrogen-bond acceptors (Lipinski definition) is 3. The molecule has 21 heavy (non-hydrogen) atoms. The van der Waals surface area contributed by atoms with Crippen LogP contribution in [0.5, 0.6) is 0 Å². The molecule has 0 saturated heterocycles. The highest BCUT2D eigenvalue weighted by Crippen LogP contribution is 2.13. The van der Waals surface area contributed by atoms with Crippen LogP contribution in [-0.4, -0.2) is 14.3 Å². The van der Waals surface area contributed by atoms with E-state index in [1.165, 1.54) is 24.3 Å². The van der Waals surface area contributed by atoms with Gasteiger partial charge in [0.05, 0.1) is 10.5 Å². The molecule has 0 radical (unpaired) electrons. The maximum absolute atomic E-state index is 13.4. The second-order valence-corrected chi connectivity index (χ2v) is 5.96. The fourth-order valence-electron chi connectivity index (χ4n) is 1.74. The number of rotatable bonds is 4. The van der Waals surface area contributed by atoms with Crippen LogP contribution in [0.15, 0.2) is 53.4 Å². The summed E-state index contributed by atoms with van der Waals surface area (Å²) in [5.41, 5.74) is 2.28. The molecule has 0 aliphatic carbocycles. The van der Waals surface area contributed by atoms with Gasteiger partial charge >= 0.3 is 0 Å². The van der Waals surface area contributed by atoms with E-state index in [-0.39, 0.29) is 10.5 Å². The third-order valence-corrected chi connectivity index (χ3v) is 4.21. The SMILES string of the molecule is Cc1ccccc1S(=O)(=O)NNC(=O)c1ccccc1F. The number of amides is 1. The van der Waals surface area contributed by atoms with Crippen LogP contribution in [0, 0.1) is 12.7 Å². The Morgan fingerprint density at radius 1 is 1.05 bits per heavy atom. The molecule has 0 aliphatic heterocycles. The summed E-state index contributed by atoms with van der Waals surface area (Å²) in [7, 11) is -3.91. The van der Waals surface area contributed by atoms with Gasteiger partial charge in [-0.05, 0) is 30.7 Å². The van der Waals surface area contributed by atoms with Crippen LogP contribution in [0.4, 0.5) is 4.39 Å². The molecule has 0 saturated carbocycles. The molecule has 0 spiro atoms. The van der Waals surface area contributed by atoms with Gasteiger partial charge in [-0.1, -0.05) is 30.3 Å². The Labute approximate surface area is 121 Å². The minimum atomic E-state index is -3.91. The van der Waals surface area contributed by atoms with E-state index >= 15 is 0 Å². The van der Waals surface area contributed by atoms with Crippen molar-refractivity contribution in [2.45, 2.75) is 11.8 Å². The Hall–Kier alpha value is -2.25. The third kappa shape index (κ3) is 3.45. The number of aryl methyl sites for hydroxylation is 1. The zero-order valence-corrected chi connectivity index (χ0v) is 11.9. The number of benzene rings is 2. The molecule has 2 N–H and O–H groups in total. The average molecular weight is 308 g/mol. The fraction of sp³-hybridized carbons (Fsp3) is 0.0714. The highest BCUT2D eigenvalue weighted by molar-refractivity contribution is 7.89. The molecular formula is C14H13FN2O3S. The fourth-order valence-corrected chi connectivity index (χ4v) is 2.83. The van der Waals surface area contributed by atoms with Crippen LogP contribution in [0.2, 0.25) is 0 Å². The van der Waals surface area contributed by atoms with Crippen molar-refractivity contribution in [3.05, 3.63) is 65.5 Å². The second kappa shape index (κ2) is 6.02. The van der Waals surface area contributed by atoms with Crippen molar-refractivity contribution >= 4 is 15.9 Å². The molecule has 2 aromatic rings. The predicted molar refractivity (Wildman–Crippen MR) is 75.4 cm³/mol. The summed E-state index contributed by atoms with van der Waals surface area (Å²) >= 11 is 0. The van der Waals surface area contributed by atoms with Gasteiger partial charge in [0, 0.05) is 0 Å². The third-order valence-electron chi connectivity index (χ3n) is 2.80. The van der Waals surface area contributed by atoms with Crippen molar-refractivity contribution in [1.82, 2.24) is 10.3 Å². The Balaban J connectivity index is 2.15. The average Bonchev–Trinajstić information content (AvgIpc) is 2.45. The maximum atomic E-state index is 13.4. The van der Waals surface area contributed by atoms with Gasteiger partial charge < -0.3 is 0 Å². The summed E-state index contributed by atoms with van der Waals surface area (Å²) in [6, 6.07) is 11.6. The molecule has 0 atom stereocenters. The molecule has 2 aromatic carbocycles. The van der Waals surface area contributed by atoms with Crippen LogP contribution >= 0.6 is 0 Å². The number of carbonyl (C=O) groups is 1. The first-order chi connectivity index (χ1) is 9.92. The minimum Gasteiger partial charge on any atom is -0.273 e. The summed E-state index contributed by atoms with van der Waals surface area (Å²) in [5, 5.41) is 0. The quantitative estimate of drug-likeness (QED) is 0.845.